The number of methoxy groups -OCH3 is 1. The Hall–Kier alpha value is -5.95. The second-order valence-corrected chi connectivity index (χ2v) is 17.1. The first kappa shape index (κ1) is 62.6. The summed E-state index contributed by atoms with van der Waals surface area (Å²) in [5.74, 6) is -7.57. The summed E-state index contributed by atoms with van der Waals surface area (Å²) in [6.07, 6.45) is -23.0. The van der Waals surface area contributed by atoms with Crippen molar-refractivity contribution < 1.29 is 129 Å². The van der Waals surface area contributed by atoms with E-state index < -0.39 is 166 Å². The summed E-state index contributed by atoms with van der Waals surface area (Å²) in [5.41, 5.74) is 0.701. The van der Waals surface area contributed by atoms with Crippen molar-refractivity contribution in [2.75, 3.05) is 60.0 Å². The third-order valence-electron chi connectivity index (χ3n) is 11.0. The number of esters is 8. The van der Waals surface area contributed by atoms with Crippen molar-refractivity contribution >= 4 is 53.7 Å². The van der Waals surface area contributed by atoms with Crippen LogP contribution in [0.25, 0.3) is 0 Å². The van der Waals surface area contributed by atoms with Gasteiger partial charge in [0.05, 0.1) is 46.8 Å². The van der Waals surface area contributed by atoms with Crippen LogP contribution in [0.5, 0.6) is 0 Å². The van der Waals surface area contributed by atoms with Crippen molar-refractivity contribution in [3.8, 4) is 0 Å². The molecule has 2 N–H and O–H groups in total. The van der Waals surface area contributed by atoms with E-state index in [0.29, 0.717) is 5.56 Å². The minimum absolute atomic E-state index is 0.0322. The molecule has 0 bridgehead atoms. The van der Waals surface area contributed by atoms with Gasteiger partial charge in [-0.2, -0.15) is 0 Å². The van der Waals surface area contributed by atoms with Gasteiger partial charge in [0.15, 0.2) is 49.4 Å². The summed E-state index contributed by atoms with van der Waals surface area (Å²) in [6.45, 7) is 5.98. The SMILES string of the molecule is COC(=O)COCCOCCO[C@@H]1O[C@H](CO[C@H]2O[C@@H](COC(C)=O)[C@H](O[C@H]3O[C@@H](COC(C)=O)[C@@H](OC(C)=O)[C@@H](OC(C)=O)[C@@H]3OC(C)=O)[C@H](OC(C)=O)[C@H]2OC(C)=O)[C@@H](O)[C@H](OCc2ccccc2)[C@@H]1NC(C)=O. The summed E-state index contributed by atoms with van der Waals surface area (Å²) in [7, 11) is 1.22. The van der Waals surface area contributed by atoms with E-state index in [9.17, 15) is 48.3 Å². The highest BCUT2D eigenvalue weighted by molar-refractivity contribution is 5.73. The Bertz CT molecular complexity index is 2090. The molecule has 3 heterocycles. The molecule has 28 nitrogen and oxygen atoms in total. The fraction of sp³-hybridized carbons (Fsp3) is 0.688. The molecule has 4 rings (SSSR count). The second kappa shape index (κ2) is 31.3. The smallest absolute Gasteiger partial charge is 0.331 e. The van der Waals surface area contributed by atoms with Crippen molar-refractivity contribution in [2.45, 2.75) is 154 Å². The molecule has 3 saturated heterocycles. The molecular weight excluding hydrogens is 1020 g/mol. The lowest BCUT2D eigenvalue weighted by Gasteiger charge is -2.49. The maximum Gasteiger partial charge on any atom is 0.331 e. The fourth-order valence-electron chi connectivity index (χ4n) is 8.00. The Morgan fingerprint density at radius 2 is 0.987 bits per heavy atom. The van der Waals surface area contributed by atoms with E-state index >= 15 is 0 Å². The Morgan fingerprint density at radius 3 is 1.54 bits per heavy atom. The summed E-state index contributed by atoms with van der Waals surface area (Å²) in [6, 6.07) is 7.73. The van der Waals surface area contributed by atoms with Gasteiger partial charge in [-0.1, -0.05) is 30.3 Å². The zero-order chi connectivity index (χ0) is 56.1. The molecule has 0 unspecified atom stereocenters. The molecule has 0 saturated carbocycles. The molecule has 76 heavy (non-hydrogen) atoms. The predicted molar refractivity (Wildman–Crippen MR) is 246 cm³/mol. The Kier molecular flexibility index (Phi) is 25.8. The van der Waals surface area contributed by atoms with Crippen molar-refractivity contribution in [1.82, 2.24) is 5.32 Å². The van der Waals surface area contributed by atoms with Crippen molar-refractivity contribution in [2.24, 2.45) is 0 Å². The topological polar surface area (TPSA) is 343 Å². The van der Waals surface area contributed by atoms with Crippen LogP contribution in [0.3, 0.4) is 0 Å². The fourth-order valence-corrected chi connectivity index (χ4v) is 8.00. The van der Waals surface area contributed by atoms with Gasteiger partial charge in [-0.05, 0) is 5.56 Å². The zero-order valence-electron chi connectivity index (χ0n) is 43.5. The van der Waals surface area contributed by atoms with Gasteiger partial charge in [-0.25, -0.2) is 4.79 Å². The van der Waals surface area contributed by atoms with E-state index in [1.165, 1.54) is 14.0 Å². The van der Waals surface area contributed by atoms with Crippen LogP contribution in [0.4, 0.5) is 0 Å². The lowest BCUT2D eigenvalue weighted by molar-refractivity contribution is -0.365. The first-order chi connectivity index (χ1) is 36.1. The number of amides is 1. The number of hydrogen-bond acceptors (Lipinski definition) is 27. The third-order valence-corrected chi connectivity index (χ3v) is 11.0. The van der Waals surface area contributed by atoms with E-state index in [-0.39, 0.29) is 39.6 Å². The van der Waals surface area contributed by atoms with Crippen LogP contribution >= 0.6 is 0 Å². The van der Waals surface area contributed by atoms with Crippen LogP contribution in [0, 0.1) is 0 Å². The average molecular weight is 1090 g/mol. The molecule has 28 heteroatoms. The van der Waals surface area contributed by atoms with Crippen LogP contribution < -0.4 is 5.32 Å². The molecule has 0 spiro atoms. The van der Waals surface area contributed by atoms with Crippen molar-refractivity contribution in [3.05, 3.63) is 35.9 Å². The van der Waals surface area contributed by atoms with E-state index in [4.69, 9.17) is 75.8 Å². The molecular formula is C48H67NO27. The van der Waals surface area contributed by atoms with Crippen LogP contribution in [-0.4, -0.2) is 211 Å². The molecule has 0 radical (unpaired) electrons. The number of aliphatic hydroxyl groups excluding tert-OH is 1. The lowest BCUT2D eigenvalue weighted by Crippen LogP contribution is -2.68. The molecule has 1 aromatic carbocycles. The van der Waals surface area contributed by atoms with Gasteiger partial charge in [0, 0.05) is 55.4 Å². The number of ether oxygens (including phenoxy) is 17. The maximum atomic E-state index is 13.0. The van der Waals surface area contributed by atoms with Crippen LogP contribution in [0.2, 0.25) is 0 Å². The van der Waals surface area contributed by atoms with Gasteiger partial charge in [-0.15, -0.1) is 0 Å². The number of rotatable bonds is 27. The Labute approximate surface area is 436 Å². The summed E-state index contributed by atoms with van der Waals surface area (Å²) >= 11 is 0. The standard InChI is InChI=1S/C48H67NO27/c1-24(50)49-37-41(66-19-32-13-11-10-12-14-32)38(59)33(73-46(37)63-18-17-61-15-16-62-23-36(58)60-9)20-67-47-44(71-30(7)56)43(70-29(6)55)40(35(74-47)22-65-26(3)52)76-48-45(72-31(8)57)42(69-28(5)54)39(68-27(4)53)34(75-48)21-64-25(2)51/h10-14,33-35,37-48,59H,15-23H2,1-9H3,(H,49,50)/t33-,34+,35+,37+,38-,39-,40+,41-,42-,43+,44-,45+,46-,47+,48-/m1/s1. The van der Waals surface area contributed by atoms with E-state index in [0.717, 1.165) is 48.5 Å². The first-order valence-electron chi connectivity index (χ1n) is 23.9. The molecule has 3 fully saturated rings. The quantitative estimate of drug-likeness (QED) is 0.0607. The highest BCUT2D eigenvalue weighted by Gasteiger charge is 2.58. The van der Waals surface area contributed by atoms with Crippen LogP contribution in [0.15, 0.2) is 30.3 Å². The van der Waals surface area contributed by atoms with Crippen LogP contribution in [-0.2, 0) is 130 Å². The second-order valence-electron chi connectivity index (χ2n) is 17.1. The molecule has 15 atom stereocenters. The van der Waals surface area contributed by atoms with Gasteiger partial charge in [0.1, 0.15) is 62.5 Å². The number of carbonyl (C=O) groups is 9. The third kappa shape index (κ3) is 20.2. The molecule has 0 aromatic heterocycles. The van der Waals surface area contributed by atoms with E-state index in [1.807, 2.05) is 0 Å². The Balaban J connectivity index is 1.72. The van der Waals surface area contributed by atoms with E-state index in [2.05, 4.69) is 10.1 Å². The highest BCUT2D eigenvalue weighted by atomic mass is 16.8. The number of benzene rings is 1. The van der Waals surface area contributed by atoms with Gasteiger partial charge in [0.25, 0.3) is 0 Å². The molecule has 1 aromatic rings. The molecule has 426 valence electrons. The average Bonchev–Trinajstić information content (AvgIpc) is 3.33. The minimum atomic E-state index is -1.93. The van der Waals surface area contributed by atoms with Crippen molar-refractivity contribution in [3.63, 3.8) is 0 Å². The monoisotopic (exact) mass is 1090 g/mol. The summed E-state index contributed by atoms with van der Waals surface area (Å²) in [4.78, 5) is 112. The number of hydrogen-bond donors (Lipinski definition) is 2. The maximum absolute atomic E-state index is 13.0. The highest BCUT2D eigenvalue weighted by Crippen LogP contribution is 2.36. The predicted octanol–water partition coefficient (Wildman–Crippen LogP) is -0.979. The number of carbonyl (C=O) groups excluding carboxylic acids is 9. The largest absolute Gasteiger partial charge is 0.467 e. The molecule has 0 aliphatic carbocycles. The molecule has 3 aliphatic heterocycles. The van der Waals surface area contributed by atoms with Gasteiger partial charge in [0.2, 0.25) is 5.91 Å². The first-order valence-corrected chi connectivity index (χ1v) is 23.9. The lowest BCUT2D eigenvalue weighted by atomic mass is 9.95. The summed E-state index contributed by atoms with van der Waals surface area (Å²) in [5, 5.41) is 14.7. The number of aliphatic hydroxyl groups is 1. The summed E-state index contributed by atoms with van der Waals surface area (Å²) < 4.78 is 97.4. The molecule has 3 aliphatic rings. The van der Waals surface area contributed by atoms with Gasteiger partial charge in [-0.3, -0.25) is 38.4 Å². The minimum Gasteiger partial charge on any atom is -0.467 e. The van der Waals surface area contributed by atoms with Gasteiger partial charge < -0.3 is 90.9 Å². The van der Waals surface area contributed by atoms with E-state index in [1.54, 1.807) is 30.3 Å². The van der Waals surface area contributed by atoms with Crippen LogP contribution in [0.1, 0.15) is 61.0 Å². The number of nitrogens with one attached hydrogen (secondary N) is 1. The van der Waals surface area contributed by atoms with Gasteiger partial charge >= 0.3 is 47.8 Å². The van der Waals surface area contributed by atoms with Crippen molar-refractivity contribution in [1.29, 1.82) is 0 Å². The normalized spacial score (nSPS) is 29.1. The molecule has 1 amide bonds. The zero-order valence-corrected chi connectivity index (χ0v) is 43.5. The Morgan fingerprint density at radius 1 is 0.500 bits per heavy atom.